The van der Waals surface area contributed by atoms with Crippen molar-refractivity contribution in [3.8, 4) is 0 Å². The number of hydrogen-bond acceptors (Lipinski definition) is 2. The number of carbonyl (C=O) groups excluding carboxylic acids is 1. The topological polar surface area (TPSA) is 32.3 Å². The third kappa shape index (κ3) is 3.16. The summed E-state index contributed by atoms with van der Waals surface area (Å²) in [6.45, 7) is 0.972. The second-order valence-corrected chi connectivity index (χ2v) is 5.42. The molecule has 0 saturated carbocycles. The van der Waals surface area contributed by atoms with Crippen molar-refractivity contribution in [2.75, 3.05) is 18.9 Å². The minimum Gasteiger partial charge on any atom is -0.325 e. The summed E-state index contributed by atoms with van der Waals surface area (Å²) in [4.78, 5) is 14.2. The zero-order chi connectivity index (χ0) is 13.1. The summed E-state index contributed by atoms with van der Waals surface area (Å²) in [6, 6.07) is 5.07. The van der Waals surface area contributed by atoms with Crippen LogP contribution in [0.4, 0.5) is 5.69 Å². The summed E-state index contributed by atoms with van der Waals surface area (Å²) in [6.07, 6.45) is 3.17. The number of piperidine rings is 1. The summed E-state index contributed by atoms with van der Waals surface area (Å²) in [5.41, 5.74) is 0.688. The molecule has 0 aliphatic carbocycles. The van der Waals surface area contributed by atoms with Crippen LogP contribution in [0.15, 0.2) is 18.2 Å². The van der Waals surface area contributed by atoms with Crippen molar-refractivity contribution in [1.29, 1.82) is 0 Å². The van der Waals surface area contributed by atoms with Crippen molar-refractivity contribution in [3.63, 3.8) is 0 Å². The number of hydrogen-bond donors (Lipinski definition) is 1. The predicted molar refractivity (Wildman–Crippen MR) is 75.4 cm³/mol. The third-order valence-corrected chi connectivity index (χ3v) is 4.00. The van der Waals surface area contributed by atoms with Crippen LogP contribution in [0.3, 0.4) is 0 Å². The zero-order valence-electron chi connectivity index (χ0n) is 10.2. The van der Waals surface area contributed by atoms with Gasteiger partial charge in [-0.25, -0.2) is 0 Å². The highest BCUT2D eigenvalue weighted by Crippen LogP contribution is 2.25. The van der Waals surface area contributed by atoms with Crippen LogP contribution in [0.2, 0.25) is 10.0 Å². The van der Waals surface area contributed by atoms with Gasteiger partial charge in [0.1, 0.15) is 0 Å². The number of carbonyl (C=O) groups is 1. The van der Waals surface area contributed by atoms with E-state index in [1.807, 2.05) is 7.05 Å². The van der Waals surface area contributed by atoms with E-state index < -0.39 is 0 Å². The quantitative estimate of drug-likeness (QED) is 0.904. The minimum atomic E-state index is -0.0480. The largest absolute Gasteiger partial charge is 0.325 e. The van der Waals surface area contributed by atoms with Crippen LogP contribution in [0.5, 0.6) is 0 Å². The molecule has 1 amide bonds. The molecule has 1 aromatic rings. The Bertz CT molecular complexity index is 451. The number of halogens is 2. The molecule has 1 atom stereocenters. The fourth-order valence-corrected chi connectivity index (χ4v) is 2.50. The zero-order valence-corrected chi connectivity index (χ0v) is 11.8. The molecule has 3 nitrogen and oxygen atoms in total. The fraction of sp³-hybridized carbons (Fsp3) is 0.462. The van der Waals surface area contributed by atoms with Gasteiger partial charge in [-0.3, -0.25) is 9.69 Å². The van der Waals surface area contributed by atoms with Crippen LogP contribution in [0.25, 0.3) is 0 Å². The van der Waals surface area contributed by atoms with Gasteiger partial charge in [-0.05, 0) is 44.6 Å². The molecule has 1 N–H and O–H groups in total. The SMILES string of the molecule is CN1CCCCC1C(=O)Nc1ccc(Cl)c(Cl)c1. The van der Waals surface area contributed by atoms with Gasteiger partial charge >= 0.3 is 0 Å². The number of likely N-dealkylation sites (tertiary alicyclic amines) is 1. The smallest absolute Gasteiger partial charge is 0.241 e. The van der Waals surface area contributed by atoms with E-state index in [4.69, 9.17) is 23.2 Å². The molecule has 0 radical (unpaired) electrons. The molecule has 1 unspecified atom stereocenters. The van der Waals surface area contributed by atoms with Gasteiger partial charge in [0.05, 0.1) is 16.1 Å². The maximum Gasteiger partial charge on any atom is 0.241 e. The predicted octanol–water partition coefficient (Wildman–Crippen LogP) is 3.42. The molecule has 1 fully saturated rings. The van der Waals surface area contributed by atoms with Gasteiger partial charge in [0.2, 0.25) is 5.91 Å². The monoisotopic (exact) mass is 286 g/mol. The number of likely N-dealkylation sites (N-methyl/N-ethyl adjacent to an activating group) is 1. The Morgan fingerprint density at radius 1 is 1.33 bits per heavy atom. The first-order chi connectivity index (χ1) is 8.58. The van der Waals surface area contributed by atoms with Crippen LogP contribution in [0, 0.1) is 0 Å². The summed E-state index contributed by atoms with van der Waals surface area (Å²) in [5.74, 6) is 0.0237. The summed E-state index contributed by atoms with van der Waals surface area (Å²) < 4.78 is 0. The van der Waals surface area contributed by atoms with Crippen LogP contribution >= 0.6 is 23.2 Å². The Morgan fingerprint density at radius 3 is 2.78 bits per heavy atom. The first-order valence-corrected chi connectivity index (χ1v) is 6.79. The second kappa shape index (κ2) is 5.91. The summed E-state index contributed by atoms with van der Waals surface area (Å²) >= 11 is 11.8. The van der Waals surface area contributed by atoms with E-state index in [-0.39, 0.29) is 11.9 Å². The molecule has 98 valence electrons. The van der Waals surface area contributed by atoms with Crippen LogP contribution in [-0.2, 0) is 4.79 Å². The van der Waals surface area contributed by atoms with Gasteiger partial charge in [-0.2, -0.15) is 0 Å². The number of anilines is 1. The Balaban J connectivity index is 2.04. The Labute approximate surface area is 117 Å². The lowest BCUT2D eigenvalue weighted by molar-refractivity contribution is -0.121. The van der Waals surface area contributed by atoms with E-state index in [0.717, 1.165) is 25.8 Å². The van der Waals surface area contributed by atoms with Gasteiger partial charge in [0.25, 0.3) is 0 Å². The standard InChI is InChI=1S/C13H16Cl2N2O/c1-17-7-3-2-4-12(17)13(18)16-9-5-6-10(14)11(15)8-9/h5-6,8,12H,2-4,7H2,1H3,(H,16,18). The van der Waals surface area contributed by atoms with Crippen molar-refractivity contribution in [1.82, 2.24) is 4.90 Å². The lowest BCUT2D eigenvalue weighted by Gasteiger charge is -2.31. The average Bonchev–Trinajstić information content (AvgIpc) is 2.34. The number of amides is 1. The van der Waals surface area contributed by atoms with E-state index >= 15 is 0 Å². The number of benzene rings is 1. The van der Waals surface area contributed by atoms with Crippen LogP contribution in [0.1, 0.15) is 19.3 Å². The van der Waals surface area contributed by atoms with Crippen molar-refractivity contribution in [2.24, 2.45) is 0 Å². The van der Waals surface area contributed by atoms with Crippen molar-refractivity contribution in [3.05, 3.63) is 28.2 Å². The van der Waals surface area contributed by atoms with Gasteiger partial charge in [-0.15, -0.1) is 0 Å². The first-order valence-electron chi connectivity index (χ1n) is 6.04. The molecule has 0 bridgehead atoms. The molecule has 1 heterocycles. The number of nitrogens with zero attached hydrogens (tertiary/aromatic N) is 1. The molecule has 5 heteroatoms. The molecule has 1 aromatic carbocycles. The molecule has 0 spiro atoms. The van der Waals surface area contributed by atoms with Crippen LogP contribution in [-0.4, -0.2) is 30.4 Å². The second-order valence-electron chi connectivity index (χ2n) is 4.61. The summed E-state index contributed by atoms with van der Waals surface area (Å²) in [7, 11) is 1.98. The molecule has 0 aromatic heterocycles. The lowest BCUT2D eigenvalue weighted by atomic mass is 10.0. The van der Waals surface area contributed by atoms with E-state index in [2.05, 4.69) is 10.2 Å². The third-order valence-electron chi connectivity index (χ3n) is 3.26. The average molecular weight is 287 g/mol. The molecular formula is C13H16Cl2N2O. The van der Waals surface area contributed by atoms with Crippen molar-refractivity contribution >= 4 is 34.8 Å². The van der Waals surface area contributed by atoms with E-state index in [1.54, 1.807) is 18.2 Å². The Morgan fingerprint density at radius 2 is 2.11 bits per heavy atom. The Hall–Kier alpha value is -0.770. The fourth-order valence-electron chi connectivity index (χ4n) is 2.21. The highest BCUT2D eigenvalue weighted by atomic mass is 35.5. The highest BCUT2D eigenvalue weighted by molar-refractivity contribution is 6.42. The maximum absolute atomic E-state index is 12.1. The summed E-state index contributed by atoms with van der Waals surface area (Å²) in [5, 5.41) is 3.83. The number of rotatable bonds is 2. The highest BCUT2D eigenvalue weighted by Gasteiger charge is 2.25. The maximum atomic E-state index is 12.1. The van der Waals surface area contributed by atoms with Gasteiger partial charge in [0, 0.05) is 5.69 Å². The Kier molecular flexibility index (Phi) is 4.49. The molecular weight excluding hydrogens is 271 g/mol. The van der Waals surface area contributed by atoms with Crippen LogP contribution < -0.4 is 5.32 Å². The molecule has 1 saturated heterocycles. The first kappa shape index (κ1) is 13.7. The molecule has 2 rings (SSSR count). The van der Waals surface area contributed by atoms with E-state index in [1.165, 1.54) is 0 Å². The number of nitrogens with one attached hydrogen (secondary N) is 1. The van der Waals surface area contributed by atoms with Crippen molar-refractivity contribution < 1.29 is 4.79 Å². The van der Waals surface area contributed by atoms with Gasteiger partial charge in [0.15, 0.2) is 0 Å². The van der Waals surface area contributed by atoms with Gasteiger partial charge in [-0.1, -0.05) is 29.6 Å². The lowest BCUT2D eigenvalue weighted by Crippen LogP contribution is -2.44. The van der Waals surface area contributed by atoms with E-state index in [0.29, 0.717) is 15.7 Å². The van der Waals surface area contributed by atoms with E-state index in [9.17, 15) is 4.79 Å². The van der Waals surface area contributed by atoms with Gasteiger partial charge < -0.3 is 5.32 Å². The molecule has 18 heavy (non-hydrogen) atoms. The minimum absolute atomic E-state index is 0.0237. The molecule has 1 aliphatic rings. The molecule has 1 aliphatic heterocycles. The van der Waals surface area contributed by atoms with Crippen molar-refractivity contribution in [2.45, 2.75) is 25.3 Å². The normalized spacial score (nSPS) is 20.7.